The topological polar surface area (TPSA) is 77.0 Å². The number of benzene rings is 1. The highest BCUT2D eigenvalue weighted by Gasteiger charge is 2.60. The molecule has 8 heteroatoms. The summed E-state index contributed by atoms with van der Waals surface area (Å²) in [6, 6.07) is 9.86. The van der Waals surface area contributed by atoms with Crippen LogP contribution >= 0.6 is 0 Å². The van der Waals surface area contributed by atoms with Gasteiger partial charge in [-0.05, 0) is 46.3 Å². The summed E-state index contributed by atoms with van der Waals surface area (Å²) < 4.78 is 36.4. The molecule has 5 rings (SSSR count). The van der Waals surface area contributed by atoms with Gasteiger partial charge in [0.2, 0.25) is 0 Å². The highest BCUT2D eigenvalue weighted by atomic mass is 16.9. The molecular weight excluding hydrogens is 402 g/mol. The minimum Gasteiger partial charge on any atom is -0.358 e. The lowest BCUT2D eigenvalue weighted by molar-refractivity contribution is -0.281. The Morgan fingerprint density at radius 1 is 0.935 bits per heavy atom. The Bertz CT molecular complexity index is 881. The SMILES string of the molecule is CC1=CC(c2ccccc2)=NO[C@H]1O[C@@H]1O[C@H]([C@H]2COC(C)(C)O2)[C@@H]2OC(C)(C)O[C@H]12. The number of ether oxygens (including phenoxy) is 6. The van der Waals surface area contributed by atoms with Crippen LogP contribution in [-0.4, -0.2) is 60.9 Å². The van der Waals surface area contributed by atoms with Gasteiger partial charge in [0.15, 0.2) is 17.9 Å². The lowest BCUT2D eigenvalue weighted by Crippen LogP contribution is -2.40. The Morgan fingerprint density at radius 3 is 2.35 bits per heavy atom. The fraction of sp³-hybridized carbons (Fsp3) is 0.609. The summed E-state index contributed by atoms with van der Waals surface area (Å²) >= 11 is 0. The molecule has 0 spiro atoms. The van der Waals surface area contributed by atoms with E-state index in [9.17, 15) is 0 Å². The van der Waals surface area contributed by atoms with Crippen LogP contribution in [0, 0.1) is 0 Å². The van der Waals surface area contributed by atoms with Gasteiger partial charge in [0.25, 0.3) is 6.29 Å². The van der Waals surface area contributed by atoms with E-state index in [-0.39, 0.29) is 18.3 Å². The first kappa shape index (κ1) is 21.1. The van der Waals surface area contributed by atoms with Crippen LogP contribution in [0.25, 0.3) is 0 Å². The molecule has 3 fully saturated rings. The molecule has 0 bridgehead atoms. The molecule has 4 aliphatic rings. The zero-order valence-electron chi connectivity index (χ0n) is 18.4. The molecule has 6 atom stereocenters. The average molecular weight is 431 g/mol. The van der Waals surface area contributed by atoms with Gasteiger partial charge in [-0.3, -0.25) is 0 Å². The maximum Gasteiger partial charge on any atom is 0.251 e. The fourth-order valence-electron chi connectivity index (χ4n) is 4.37. The Kier molecular flexibility index (Phi) is 5.20. The lowest BCUT2D eigenvalue weighted by Gasteiger charge is -2.29. The summed E-state index contributed by atoms with van der Waals surface area (Å²) in [7, 11) is 0. The second-order valence-electron chi connectivity index (χ2n) is 9.21. The molecule has 0 saturated carbocycles. The van der Waals surface area contributed by atoms with Crippen molar-refractivity contribution in [2.45, 2.75) is 83.2 Å². The van der Waals surface area contributed by atoms with Gasteiger partial charge in [-0.1, -0.05) is 35.5 Å². The van der Waals surface area contributed by atoms with E-state index in [0.29, 0.717) is 6.61 Å². The number of fused-ring (bicyclic) bond motifs is 1. The zero-order valence-corrected chi connectivity index (χ0v) is 18.4. The molecule has 4 aliphatic heterocycles. The molecular formula is C23H29NO7. The molecule has 3 saturated heterocycles. The van der Waals surface area contributed by atoms with Crippen molar-refractivity contribution in [2.24, 2.45) is 5.16 Å². The van der Waals surface area contributed by atoms with Crippen LogP contribution in [0.15, 0.2) is 47.1 Å². The highest BCUT2D eigenvalue weighted by molar-refractivity contribution is 6.09. The second-order valence-corrected chi connectivity index (χ2v) is 9.21. The Labute approximate surface area is 182 Å². The van der Waals surface area contributed by atoms with Crippen LogP contribution in [0.4, 0.5) is 0 Å². The number of allylic oxidation sites excluding steroid dienone is 1. The van der Waals surface area contributed by atoms with Gasteiger partial charge >= 0.3 is 0 Å². The van der Waals surface area contributed by atoms with Crippen molar-refractivity contribution in [3.8, 4) is 0 Å². The second kappa shape index (κ2) is 7.65. The molecule has 168 valence electrons. The van der Waals surface area contributed by atoms with E-state index < -0.39 is 30.3 Å². The minimum absolute atomic E-state index is 0.278. The third-order valence-corrected chi connectivity index (χ3v) is 5.75. The van der Waals surface area contributed by atoms with E-state index in [2.05, 4.69) is 5.16 Å². The minimum atomic E-state index is -0.745. The Hall–Kier alpha value is -1.81. The highest BCUT2D eigenvalue weighted by Crippen LogP contribution is 2.43. The van der Waals surface area contributed by atoms with Crippen molar-refractivity contribution >= 4 is 5.71 Å². The number of hydrogen-bond acceptors (Lipinski definition) is 8. The van der Waals surface area contributed by atoms with Crippen molar-refractivity contribution in [2.75, 3.05) is 6.61 Å². The van der Waals surface area contributed by atoms with Gasteiger partial charge in [0.05, 0.1) is 6.61 Å². The Morgan fingerprint density at radius 2 is 1.68 bits per heavy atom. The van der Waals surface area contributed by atoms with Crippen LogP contribution < -0.4 is 0 Å². The first-order valence-electron chi connectivity index (χ1n) is 10.7. The molecule has 0 unspecified atom stereocenters. The van der Waals surface area contributed by atoms with Gasteiger partial charge in [-0.2, -0.15) is 0 Å². The molecule has 0 N–H and O–H groups in total. The van der Waals surface area contributed by atoms with Gasteiger partial charge in [-0.25, -0.2) is 0 Å². The maximum atomic E-state index is 6.23. The predicted octanol–water partition coefficient (Wildman–Crippen LogP) is 3.11. The third kappa shape index (κ3) is 4.16. The first-order valence-corrected chi connectivity index (χ1v) is 10.7. The number of hydrogen-bond donors (Lipinski definition) is 0. The normalized spacial score (nSPS) is 38.4. The fourth-order valence-corrected chi connectivity index (χ4v) is 4.37. The van der Waals surface area contributed by atoms with Crippen LogP contribution in [0.1, 0.15) is 40.2 Å². The molecule has 0 amide bonds. The molecule has 8 nitrogen and oxygen atoms in total. The van der Waals surface area contributed by atoms with Gasteiger partial charge in [0, 0.05) is 5.56 Å². The van der Waals surface area contributed by atoms with E-state index in [1.54, 1.807) is 0 Å². The predicted molar refractivity (Wildman–Crippen MR) is 110 cm³/mol. The monoisotopic (exact) mass is 431 g/mol. The third-order valence-electron chi connectivity index (χ3n) is 5.75. The summed E-state index contributed by atoms with van der Waals surface area (Å²) in [6.07, 6.45) is -0.816. The molecule has 0 aliphatic carbocycles. The number of rotatable bonds is 4. The van der Waals surface area contributed by atoms with Gasteiger partial charge in [0.1, 0.15) is 30.1 Å². The average Bonchev–Trinajstić information content (AvgIpc) is 3.34. The molecule has 31 heavy (non-hydrogen) atoms. The van der Waals surface area contributed by atoms with Crippen molar-refractivity contribution < 1.29 is 33.3 Å². The summed E-state index contributed by atoms with van der Waals surface area (Å²) in [5, 5.41) is 4.25. The quantitative estimate of drug-likeness (QED) is 0.725. The van der Waals surface area contributed by atoms with Crippen molar-refractivity contribution in [3.05, 3.63) is 47.5 Å². The van der Waals surface area contributed by atoms with Crippen molar-refractivity contribution in [1.29, 1.82) is 0 Å². The van der Waals surface area contributed by atoms with E-state index in [4.69, 9.17) is 33.3 Å². The first-order chi connectivity index (χ1) is 14.7. The van der Waals surface area contributed by atoms with Crippen LogP contribution in [-0.2, 0) is 33.3 Å². The molecule has 4 heterocycles. The molecule has 0 radical (unpaired) electrons. The van der Waals surface area contributed by atoms with Crippen molar-refractivity contribution in [1.82, 2.24) is 0 Å². The zero-order chi connectivity index (χ0) is 21.8. The number of oxime groups is 1. The summed E-state index contributed by atoms with van der Waals surface area (Å²) in [5.41, 5.74) is 2.62. The molecule has 1 aromatic carbocycles. The molecule has 1 aromatic rings. The summed E-state index contributed by atoms with van der Waals surface area (Å²) in [5.74, 6) is -1.41. The smallest absolute Gasteiger partial charge is 0.251 e. The van der Waals surface area contributed by atoms with E-state index >= 15 is 0 Å². The van der Waals surface area contributed by atoms with E-state index in [1.165, 1.54) is 0 Å². The van der Waals surface area contributed by atoms with Gasteiger partial charge < -0.3 is 33.3 Å². The largest absolute Gasteiger partial charge is 0.358 e. The molecule has 0 aromatic heterocycles. The number of nitrogens with zero attached hydrogens (tertiary/aromatic N) is 1. The van der Waals surface area contributed by atoms with Gasteiger partial charge in [-0.15, -0.1) is 0 Å². The van der Waals surface area contributed by atoms with Crippen molar-refractivity contribution in [3.63, 3.8) is 0 Å². The van der Waals surface area contributed by atoms with Crippen LogP contribution in [0.2, 0.25) is 0 Å². The van der Waals surface area contributed by atoms with E-state index in [1.807, 2.05) is 71.0 Å². The van der Waals surface area contributed by atoms with Crippen LogP contribution in [0.5, 0.6) is 0 Å². The standard InChI is InChI=1S/C23H29NO7/c1-13-11-15(14-9-7-6-8-10-14)24-31-20(13)27-21-19-18(29-23(4,5)30-19)17(26-21)16-12-25-22(2,3)28-16/h6-11,16-21H,12H2,1-5H3/t16-,17-,18+,19+,20-,21+/m1/s1. The van der Waals surface area contributed by atoms with Crippen LogP contribution in [0.3, 0.4) is 0 Å². The maximum absolute atomic E-state index is 6.23. The summed E-state index contributed by atoms with van der Waals surface area (Å²) in [6.45, 7) is 9.90. The lowest BCUT2D eigenvalue weighted by atomic mass is 10.1. The summed E-state index contributed by atoms with van der Waals surface area (Å²) in [4.78, 5) is 5.68. The Balaban J connectivity index is 1.30. The van der Waals surface area contributed by atoms with E-state index in [0.717, 1.165) is 16.8 Å².